The van der Waals surface area contributed by atoms with Gasteiger partial charge in [-0.1, -0.05) is 20.8 Å². The number of nitrogens with one attached hydrogen (secondary N) is 1. The van der Waals surface area contributed by atoms with Crippen LogP contribution < -0.4 is 11.1 Å². The summed E-state index contributed by atoms with van der Waals surface area (Å²) in [4.78, 5) is 12.4. The number of carbonyl (C=O) groups is 1. The van der Waals surface area contributed by atoms with E-state index < -0.39 is 0 Å². The molecule has 0 aromatic carbocycles. The van der Waals surface area contributed by atoms with E-state index in [9.17, 15) is 4.79 Å². The fourth-order valence-electron chi connectivity index (χ4n) is 1.96. The van der Waals surface area contributed by atoms with Crippen LogP contribution in [0.5, 0.6) is 0 Å². The van der Waals surface area contributed by atoms with Gasteiger partial charge in [-0.05, 0) is 47.0 Å². The van der Waals surface area contributed by atoms with Gasteiger partial charge in [0.25, 0.3) is 0 Å². The summed E-state index contributed by atoms with van der Waals surface area (Å²) < 4.78 is 0. The highest BCUT2D eigenvalue weighted by Crippen LogP contribution is 2.21. The molecular weight excluding hydrogens is 224 g/mol. The van der Waals surface area contributed by atoms with Crippen molar-refractivity contribution < 1.29 is 4.79 Å². The lowest BCUT2D eigenvalue weighted by atomic mass is 9.83. The minimum atomic E-state index is -0.294. The number of Topliss-reactive ketones (excluding diaryl/α,β-unsaturated/α-hetero) is 1. The van der Waals surface area contributed by atoms with E-state index in [1.54, 1.807) is 0 Å². The third-order valence-corrected chi connectivity index (χ3v) is 2.82. The van der Waals surface area contributed by atoms with Gasteiger partial charge in [0.15, 0.2) is 5.78 Å². The molecule has 0 radical (unpaired) electrons. The van der Waals surface area contributed by atoms with E-state index in [1.165, 1.54) is 0 Å². The summed E-state index contributed by atoms with van der Waals surface area (Å²) in [7, 11) is 0. The van der Waals surface area contributed by atoms with E-state index in [0.29, 0.717) is 5.78 Å². The van der Waals surface area contributed by atoms with Gasteiger partial charge < -0.3 is 11.1 Å². The second kappa shape index (κ2) is 6.67. The van der Waals surface area contributed by atoms with E-state index in [4.69, 9.17) is 5.73 Å². The first kappa shape index (κ1) is 17.6. The van der Waals surface area contributed by atoms with Crippen LogP contribution in [0.4, 0.5) is 0 Å². The Morgan fingerprint density at radius 2 is 1.61 bits per heavy atom. The molecule has 0 saturated carbocycles. The number of carbonyl (C=O) groups excluding carboxylic acids is 1. The maximum Gasteiger partial charge on any atom is 0.155 e. The number of nitrogens with two attached hydrogens (primary N) is 1. The maximum absolute atomic E-state index is 12.4. The molecular formula is C15H32N2O. The number of ketones is 1. The number of hydrogen-bond acceptors (Lipinski definition) is 3. The molecule has 0 bridgehead atoms. The summed E-state index contributed by atoms with van der Waals surface area (Å²) in [5.74, 6) is 0.294. The molecule has 0 spiro atoms. The Hall–Kier alpha value is -0.410. The highest BCUT2D eigenvalue weighted by molar-refractivity contribution is 5.88. The van der Waals surface area contributed by atoms with Gasteiger partial charge in [0.2, 0.25) is 0 Å². The van der Waals surface area contributed by atoms with E-state index >= 15 is 0 Å². The standard InChI is InChI=1S/C15H32N2O/c1-11(16)9-8-10-12(17-15(5,6)7)13(18)14(2,3)4/h11-12,17H,8-10,16H2,1-7H3/t11-,12-/m0/s1. The molecule has 0 saturated heterocycles. The molecule has 0 aromatic rings. The number of rotatable bonds is 6. The Morgan fingerprint density at radius 3 is 1.94 bits per heavy atom. The topological polar surface area (TPSA) is 55.1 Å². The SMILES string of the molecule is C[C@H](N)CCC[C@H](NC(C)(C)C)C(=O)C(C)(C)C. The van der Waals surface area contributed by atoms with Gasteiger partial charge in [0.05, 0.1) is 6.04 Å². The van der Waals surface area contributed by atoms with Crippen LogP contribution in [-0.2, 0) is 4.79 Å². The third kappa shape index (κ3) is 7.83. The van der Waals surface area contributed by atoms with E-state index in [-0.39, 0.29) is 23.0 Å². The summed E-state index contributed by atoms with van der Waals surface area (Å²) in [5.41, 5.74) is 5.43. The lowest BCUT2D eigenvalue weighted by molar-refractivity contribution is -0.129. The zero-order chi connectivity index (χ0) is 14.6. The fraction of sp³-hybridized carbons (Fsp3) is 0.933. The van der Waals surface area contributed by atoms with Crippen LogP contribution >= 0.6 is 0 Å². The van der Waals surface area contributed by atoms with Crippen molar-refractivity contribution in [1.82, 2.24) is 5.32 Å². The first-order valence-corrected chi connectivity index (χ1v) is 7.01. The van der Waals surface area contributed by atoms with Gasteiger partial charge in [-0.15, -0.1) is 0 Å². The summed E-state index contributed by atoms with van der Waals surface area (Å²) in [5, 5.41) is 3.45. The highest BCUT2D eigenvalue weighted by atomic mass is 16.1. The molecule has 0 amide bonds. The Labute approximate surface area is 113 Å². The maximum atomic E-state index is 12.4. The molecule has 3 N–H and O–H groups in total. The first-order chi connectivity index (χ1) is 7.93. The zero-order valence-corrected chi connectivity index (χ0v) is 13.3. The Morgan fingerprint density at radius 1 is 1.11 bits per heavy atom. The average molecular weight is 256 g/mol. The lowest BCUT2D eigenvalue weighted by Crippen LogP contribution is -2.50. The van der Waals surface area contributed by atoms with Crippen LogP contribution in [0, 0.1) is 5.41 Å². The van der Waals surface area contributed by atoms with Gasteiger partial charge in [-0.3, -0.25) is 4.79 Å². The highest BCUT2D eigenvalue weighted by Gasteiger charge is 2.31. The van der Waals surface area contributed by atoms with Crippen molar-refractivity contribution in [3.05, 3.63) is 0 Å². The molecule has 0 heterocycles. The lowest BCUT2D eigenvalue weighted by Gasteiger charge is -2.32. The predicted molar refractivity (Wildman–Crippen MR) is 78.6 cm³/mol. The molecule has 0 rings (SSSR count). The summed E-state index contributed by atoms with van der Waals surface area (Å²) in [6, 6.07) is 0.147. The van der Waals surface area contributed by atoms with Gasteiger partial charge in [0.1, 0.15) is 0 Å². The summed E-state index contributed by atoms with van der Waals surface area (Å²) >= 11 is 0. The van der Waals surface area contributed by atoms with E-state index in [2.05, 4.69) is 26.1 Å². The van der Waals surface area contributed by atoms with Crippen molar-refractivity contribution in [2.24, 2.45) is 11.1 Å². The molecule has 0 aliphatic rings. The molecule has 0 aromatic heterocycles. The van der Waals surface area contributed by atoms with Crippen molar-refractivity contribution in [2.45, 2.75) is 85.4 Å². The Balaban J connectivity index is 4.58. The van der Waals surface area contributed by atoms with Crippen molar-refractivity contribution in [3.63, 3.8) is 0 Å². The fourth-order valence-corrected chi connectivity index (χ4v) is 1.96. The quantitative estimate of drug-likeness (QED) is 0.768. The largest absolute Gasteiger partial charge is 0.328 e. The third-order valence-electron chi connectivity index (χ3n) is 2.82. The van der Waals surface area contributed by atoms with Crippen molar-refractivity contribution in [1.29, 1.82) is 0 Å². The first-order valence-electron chi connectivity index (χ1n) is 7.01. The van der Waals surface area contributed by atoms with Gasteiger partial charge >= 0.3 is 0 Å². The molecule has 0 aliphatic carbocycles. The van der Waals surface area contributed by atoms with Crippen LogP contribution in [0.2, 0.25) is 0 Å². The summed E-state index contributed by atoms with van der Waals surface area (Å²) in [6.07, 6.45) is 2.84. The van der Waals surface area contributed by atoms with Crippen LogP contribution in [0.25, 0.3) is 0 Å². The van der Waals surface area contributed by atoms with Crippen LogP contribution in [-0.4, -0.2) is 23.4 Å². The van der Waals surface area contributed by atoms with Gasteiger partial charge in [-0.2, -0.15) is 0 Å². The second-order valence-corrected chi connectivity index (χ2v) is 7.47. The van der Waals surface area contributed by atoms with Crippen molar-refractivity contribution >= 4 is 5.78 Å². The Kier molecular flexibility index (Phi) is 6.52. The van der Waals surface area contributed by atoms with Gasteiger partial charge in [-0.25, -0.2) is 0 Å². The van der Waals surface area contributed by atoms with E-state index in [0.717, 1.165) is 19.3 Å². The molecule has 2 atom stereocenters. The summed E-state index contributed by atoms with van der Waals surface area (Å²) in [6.45, 7) is 14.3. The minimum absolute atomic E-state index is 0.0418. The molecule has 3 nitrogen and oxygen atoms in total. The number of hydrogen-bond donors (Lipinski definition) is 2. The molecule has 0 unspecified atom stereocenters. The van der Waals surface area contributed by atoms with E-state index in [1.807, 2.05) is 27.7 Å². The van der Waals surface area contributed by atoms with Crippen molar-refractivity contribution in [3.8, 4) is 0 Å². The zero-order valence-electron chi connectivity index (χ0n) is 13.3. The smallest absolute Gasteiger partial charge is 0.155 e. The molecule has 3 heteroatoms. The predicted octanol–water partition coefficient (Wildman–Crippen LogP) is 2.88. The molecule has 108 valence electrons. The van der Waals surface area contributed by atoms with Crippen molar-refractivity contribution in [2.75, 3.05) is 0 Å². The molecule has 18 heavy (non-hydrogen) atoms. The molecule has 0 fully saturated rings. The van der Waals surface area contributed by atoms with Crippen LogP contribution in [0.3, 0.4) is 0 Å². The normalized spacial score (nSPS) is 16.4. The van der Waals surface area contributed by atoms with Crippen LogP contribution in [0.1, 0.15) is 67.7 Å². The monoisotopic (exact) mass is 256 g/mol. The molecule has 0 aliphatic heterocycles. The second-order valence-electron chi connectivity index (χ2n) is 7.47. The average Bonchev–Trinajstić information content (AvgIpc) is 2.11. The van der Waals surface area contributed by atoms with Crippen LogP contribution in [0.15, 0.2) is 0 Å². The Bertz CT molecular complexity index is 259. The minimum Gasteiger partial charge on any atom is -0.328 e. The van der Waals surface area contributed by atoms with Gasteiger partial charge in [0, 0.05) is 17.0 Å².